The molecule has 0 aliphatic heterocycles. The summed E-state index contributed by atoms with van der Waals surface area (Å²) in [6.07, 6.45) is 6.14. The molecule has 64 valence electrons. The van der Waals surface area contributed by atoms with E-state index >= 15 is 0 Å². The molecule has 0 N–H and O–H groups in total. The van der Waals surface area contributed by atoms with Crippen LogP contribution in [0.3, 0.4) is 0 Å². The third kappa shape index (κ3) is 3.25. The summed E-state index contributed by atoms with van der Waals surface area (Å²) < 4.78 is 4.20. The van der Waals surface area contributed by atoms with Crippen LogP contribution in [-0.4, -0.2) is 10.4 Å². The molecule has 0 spiro atoms. The Labute approximate surface area is 82.6 Å². The van der Waals surface area contributed by atoms with E-state index in [4.69, 9.17) is 11.6 Å². The number of hydrogen-bond acceptors (Lipinski definition) is 0. The van der Waals surface area contributed by atoms with E-state index in [1.807, 2.05) is 12.4 Å². The molecule has 0 atom stereocenters. The van der Waals surface area contributed by atoms with Crippen LogP contribution in [-0.2, 0) is 13.1 Å². The summed E-state index contributed by atoms with van der Waals surface area (Å²) in [5.74, 6) is 0.679. The summed E-state index contributed by atoms with van der Waals surface area (Å²) in [5.41, 5.74) is 0. The molecular formula is C7H12BrClN2. The number of alkyl halides is 1. The summed E-state index contributed by atoms with van der Waals surface area (Å²) in [4.78, 5) is 0. The van der Waals surface area contributed by atoms with E-state index in [1.165, 1.54) is 0 Å². The largest absolute Gasteiger partial charge is 1.00 e. The van der Waals surface area contributed by atoms with Crippen molar-refractivity contribution >= 4 is 11.6 Å². The number of nitrogens with zero attached hydrogens (tertiary/aromatic N) is 2. The summed E-state index contributed by atoms with van der Waals surface area (Å²) in [7, 11) is 0. The topological polar surface area (TPSA) is 8.81 Å². The number of hydrogen-bond donors (Lipinski definition) is 0. The highest BCUT2D eigenvalue weighted by molar-refractivity contribution is 6.17. The molecule has 0 saturated heterocycles. The van der Waals surface area contributed by atoms with Gasteiger partial charge in [-0.05, 0) is 6.92 Å². The first-order chi connectivity index (χ1) is 4.86. The maximum absolute atomic E-state index is 5.56. The first kappa shape index (κ1) is 11.0. The van der Waals surface area contributed by atoms with Gasteiger partial charge >= 0.3 is 0 Å². The van der Waals surface area contributed by atoms with Crippen LogP contribution in [0, 0.1) is 0 Å². The first-order valence-electron chi connectivity index (χ1n) is 3.47. The second-order valence-corrected chi connectivity index (χ2v) is 2.55. The summed E-state index contributed by atoms with van der Waals surface area (Å²) in [6.45, 7) is 4.04. The van der Waals surface area contributed by atoms with Crippen LogP contribution in [0.4, 0.5) is 0 Å². The number of rotatable bonds is 3. The molecule has 1 heterocycles. The van der Waals surface area contributed by atoms with E-state index in [0.717, 1.165) is 13.1 Å². The quantitative estimate of drug-likeness (QED) is 0.428. The lowest BCUT2D eigenvalue weighted by molar-refractivity contribution is -0.692. The molecule has 4 heteroatoms. The molecule has 0 fully saturated rings. The van der Waals surface area contributed by atoms with Gasteiger partial charge in [0, 0.05) is 0 Å². The van der Waals surface area contributed by atoms with Gasteiger partial charge in [-0.3, -0.25) is 0 Å². The molecule has 0 aromatic carbocycles. The number of aryl methyl sites for hydroxylation is 2. The third-order valence-corrected chi connectivity index (χ3v) is 1.62. The van der Waals surface area contributed by atoms with Gasteiger partial charge in [-0.1, -0.05) is 0 Å². The van der Waals surface area contributed by atoms with Crippen LogP contribution >= 0.6 is 11.6 Å². The van der Waals surface area contributed by atoms with Gasteiger partial charge < -0.3 is 17.0 Å². The van der Waals surface area contributed by atoms with Crippen molar-refractivity contribution in [3.8, 4) is 0 Å². The van der Waals surface area contributed by atoms with Crippen molar-refractivity contribution in [2.24, 2.45) is 0 Å². The van der Waals surface area contributed by atoms with Crippen molar-refractivity contribution in [2.45, 2.75) is 20.0 Å². The van der Waals surface area contributed by atoms with Crippen molar-refractivity contribution in [2.75, 3.05) is 5.88 Å². The van der Waals surface area contributed by atoms with Gasteiger partial charge in [0.15, 0.2) is 0 Å². The van der Waals surface area contributed by atoms with Crippen LogP contribution in [0.2, 0.25) is 0 Å². The van der Waals surface area contributed by atoms with Gasteiger partial charge in [0.05, 0.1) is 12.4 Å². The molecule has 1 aromatic heterocycles. The van der Waals surface area contributed by atoms with Crippen LogP contribution in [0.1, 0.15) is 6.92 Å². The molecule has 0 amide bonds. The zero-order chi connectivity index (χ0) is 7.40. The minimum absolute atomic E-state index is 0. The van der Waals surface area contributed by atoms with Crippen molar-refractivity contribution < 1.29 is 21.5 Å². The van der Waals surface area contributed by atoms with Crippen LogP contribution < -0.4 is 21.5 Å². The fourth-order valence-corrected chi connectivity index (χ4v) is 1.05. The Balaban J connectivity index is 0.000001000. The van der Waals surface area contributed by atoms with Crippen molar-refractivity contribution in [1.82, 2.24) is 4.57 Å². The lowest BCUT2D eigenvalue weighted by Gasteiger charge is -1.87. The Kier molecular flexibility index (Phi) is 5.60. The Hall–Kier alpha value is -0.0200. The SMILES string of the molecule is CCn1cc[n+](CCCl)c1.[Br-]. The monoisotopic (exact) mass is 238 g/mol. The molecular weight excluding hydrogens is 227 g/mol. The lowest BCUT2D eigenvalue weighted by Crippen LogP contribution is -3.00. The van der Waals surface area contributed by atoms with Crippen molar-refractivity contribution in [3.63, 3.8) is 0 Å². The molecule has 2 nitrogen and oxygen atoms in total. The van der Waals surface area contributed by atoms with Crippen molar-refractivity contribution in [1.29, 1.82) is 0 Å². The zero-order valence-electron chi connectivity index (χ0n) is 6.50. The molecule has 0 aliphatic carbocycles. The highest BCUT2D eigenvalue weighted by atomic mass is 79.9. The van der Waals surface area contributed by atoms with Gasteiger partial charge in [-0.15, -0.1) is 11.6 Å². The third-order valence-electron chi connectivity index (χ3n) is 1.45. The normalized spacial score (nSPS) is 9.27. The Morgan fingerprint density at radius 2 is 2.27 bits per heavy atom. The van der Waals surface area contributed by atoms with Gasteiger partial charge in [0.2, 0.25) is 6.33 Å². The maximum Gasteiger partial charge on any atom is 0.243 e. The van der Waals surface area contributed by atoms with Gasteiger partial charge in [-0.2, -0.15) is 0 Å². The summed E-state index contributed by atoms with van der Waals surface area (Å²) >= 11 is 5.56. The maximum atomic E-state index is 5.56. The Morgan fingerprint density at radius 3 is 2.73 bits per heavy atom. The Morgan fingerprint density at radius 1 is 1.55 bits per heavy atom. The predicted molar refractivity (Wildman–Crippen MR) is 41.0 cm³/mol. The lowest BCUT2D eigenvalue weighted by atomic mass is 10.7. The van der Waals surface area contributed by atoms with Crippen LogP contribution in [0.25, 0.3) is 0 Å². The number of halogens is 2. The van der Waals surface area contributed by atoms with E-state index in [9.17, 15) is 0 Å². The van der Waals surface area contributed by atoms with E-state index in [2.05, 4.69) is 22.4 Å². The zero-order valence-corrected chi connectivity index (χ0v) is 8.85. The average Bonchev–Trinajstić information content (AvgIpc) is 2.37. The van der Waals surface area contributed by atoms with Crippen LogP contribution in [0.15, 0.2) is 18.7 Å². The average molecular weight is 240 g/mol. The summed E-state index contributed by atoms with van der Waals surface area (Å²) in [6, 6.07) is 0. The minimum atomic E-state index is 0. The highest BCUT2D eigenvalue weighted by Gasteiger charge is 1.98. The molecule has 0 unspecified atom stereocenters. The number of imidazole rings is 1. The van der Waals surface area contributed by atoms with Crippen molar-refractivity contribution in [3.05, 3.63) is 18.7 Å². The fourth-order valence-electron chi connectivity index (χ4n) is 0.856. The Bertz CT molecular complexity index is 200. The highest BCUT2D eigenvalue weighted by Crippen LogP contribution is 1.83. The van der Waals surface area contributed by atoms with E-state index in [-0.39, 0.29) is 17.0 Å². The fraction of sp³-hybridized carbons (Fsp3) is 0.571. The molecule has 0 bridgehead atoms. The predicted octanol–water partition coefficient (Wildman–Crippen LogP) is -1.96. The second kappa shape index (κ2) is 5.61. The van der Waals surface area contributed by atoms with Gasteiger partial charge in [0.1, 0.15) is 18.9 Å². The molecule has 1 aromatic rings. The van der Waals surface area contributed by atoms with Gasteiger partial charge in [0.25, 0.3) is 0 Å². The smallest absolute Gasteiger partial charge is 0.243 e. The summed E-state index contributed by atoms with van der Waals surface area (Å²) in [5, 5.41) is 0. The van der Waals surface area contributed by atoms with E-state index in [1.54, 1.807) is 0 Å². The minimum Gasteiger partial charge on any atom is -1.00 e. The van der Waals surface area contributed by atoms with Gasteiger partial charge in [-0.25, -0.2) is 9.13 Å². The van der Waals surface area contributed by atoms with Crippen LogP contribution in [0.5, 0.6) is 0 Å². The molecule has 1 rings (SSSR count). The molecule has 0 aliphatic rings. The molecule has 11 heavy (non-hydrogen) atoms. The molecule has 0 radical (unpaired) electrons. The number of aromatic nitrogens is 2. The van der Waals surface area contributed by atoms with E-state index in [0.29, 0.717) is 5.88 Å². The first-order valence-corrected chi connectivity index (χ1v) is 4.01. The standard InChI is InChI=1S/C7H12ClN2.BrH/c1-2-9-5-6-10(7-9)4-3-8;/h5-7H,2-4H2,1H3;1H/q+1;/p-1. The molecule has 0 saturated carbocycles. The van der Waals surface area contributed by atoms with E-state index < -0.39 is 0 Å². The second-order valence-electron chi connectivity index (χ2n) is 2.17.